The average Bonchev–Trinajstić information content (AvgIpc) is 3.54. The molecule has 0 radical (unpaired) electrons. The van der Waals surface area contributed by atoms with Gasteiger partial charge < -0.3 is 9.97 Å². The summed E-state index contributed by atoms with van der Waals surface area (Å²) in [6.07, 6.45) is 3.23. The highest BCUT2D eigenvalue weighted by atomic mass is 19.2. The number of carbonyl (C=O) groups is 1. The van der Waals surface area contributed by atoms with Crippen LogP contribution in [0.5, 0.6) is 0 Å². The standard InChI is InChI=1S/C22H8F10N2O/c23-12-10(13(24)17(28)20(31)16(12)27)9(6-1-2-33-4-6)7-3-8(34-5-7)22(35)11-14(25)18(29)21(32)19(30)15(11)26/h1-5,9,33-34H. The highest BCUT2D eigenvalue weighted by Crippen LogP contribution is 2.38. The number of halogens is 10. The Balaban J connectivity index is 1.89. The van der Waals surface area contributed by atoms with Crippen molar-refractivity contribution in [3.05, 3.63) is 117 Å². The first-order valence-corrected chi connectivity index (χ1v) is 9.35. The number of aromatic nitrogens is 2. The van der Waals surface area contributed by atoms with E-state index >= 15 is 0 Å². The molecule has 4 aromatic rings. The molecule has 0 bridgehead atoms. The Morgan fingerprint density at radius 3 is 1.60 bits per heavy atom. The van der Waals surface area contributed by atoms with Gasteiger partial charge in [-0.3, -0.25) is 4.79 Å². The summed E-state index contributed by atoms with van der Waals surface area (Å²) in [5, 5.41) is 0. The minimum atomic E-state index is -2.50. The second-order valence-corrected chi connectivity index (χ2v) is 7.18. The molecule has 4 rings (SSSR count). The van der Waals surface area contributed by atoms with E-state index in [1.54, 1.807) is 0 Å². The third-order valence-electron chi connectivity index (χ3n) is 5.21. The third kappa shape index (κ3) is 3.67. The van der Waals surface area contributed by atoms with E-state index in [9.17, 15) is 48.7 Å². The Morgan fingerprint density at radius 1 is 0.629 bits per heavy atom. The van der Waals surface area contributed by atoms with Crippen LogP contribution in [0.3, 0.4) is 0 Å². The van der Waals surface area contributed by atoms with Crippen molar-refractivity contribution < 1.29 is 48.7 Å². The molecule has 182 valence electrons. The van der Waals surface area contributed by atoms with Crippen molar-refractivity contribution in [1.82, 2.24) is 9.97 Å². The molecule has 2 heterocycles. The van der Waals surface area contributed by atoms with E-state index < -0.39 is 86.7 Å². The Morgan fingerprint density at radius 2 is 1.11 bits per heavy atom. The van der Waals surface area contributed by atoms with E-state index in [1.807, 2.05) is 0 Å². The molecule has 13 heteroatoms. The molecule has 35 heavy (non-hydrogen) atoms. The van der Waals surface area contributed by atoms with Crippen molar-refractivity contribution in [3.8, 4) is 0 Å². The van der Waals surface area contributed by atoms with Gasteiger partial charge in [-0.1, -0.05) is 0 Å². The summed E-state index contributed by atoms with van der Waals surface area (Å²) in [6.45, 7) is 0. The number of carbonyl (C=O) groups excluding carboxylic acids is 1. The largest absolute Gasteiger partial charge is 0.367 e. The van der Waals surface area contributed by atoms with Crippen LogP contribution < -0.4 is 0 Å². The normalized spacial score (nSPS) is 12.3. The van der Waals surface area contributed by atoms with Crippen molar-refractivity contribution in [1.29, 1.82) is 0 Å². The molecule has 0 amide bonds. The van der Waals surface area contributed by atoms with Gasteiger partial charge in [0.05, 0.1) is 5.69 Å². The van der Waals surface area contributed by atoms with Crippen LogP contribution in [-0.4, -0.2) is 15.8 Å². The van der Waals surface area contributed by atoms with Crippen LogP contribution in [0.25, 0.3) is 0 Å². The van der Waals surface area contributed by atoms with Crippen molar-refractivity contribution in [2.75, 3.05) is 0 Å². The lowest BCUT2D eigenvalue weighted by Crippen LogP contribution is -2.14. The topological polar surface area (TPSA) is 48.6 Å². The lowest BCUT2D eigenvalue weighted by molar-refractivity contribution is 0.102. The van der Waals surface area contributed by atoms with Gasteiger partial charge in [-0.05, 0) is 23.3 Å². The Hall–Kier alpha value is -4.03. The summed E-state index contributed by atoms with van der Waals surface area (Å²) in [7, 11) is 0. The van der Waals surface area contributed by atoms with Crippen LogP contribution >= 0.6 is 0 Å². The van der Waals surface area contributed by atoms with Gasteiger partial charge in [0.1, 0.15) is 5.56 Å². The van der Waals surface area contributed by atoms with Gasteiger partial charge in [0.25, 0.3) is 0 Å². The van der Waals surface area contributed by atoms with Crippen LogP contribution in [-0.2, 0) is 0 Å². The zero-order valence-corrected chi connectivity index (χ0v) is 16.7. The van der Waals surface area contributed by atoms with Gasteiger partial charge in [-0.25, -0.2) is 43.9 Å². The summed E-state index contributed by atoms with van der Waals surface area (Å²) >= 11 is 0. The molecular formula is C22H8F10N2O. The van der Waals surface area contributed by atoms with Crippen molar-refractivity contribution in [3.63, 3.8) is 0 Å². The van der Waals surface area contributed by atoms with Gasteiger partial charge in [0.2, 0.25) is 17.4 Å². The molecular weight excluding hydrogens is 498 g/mol. The molecule has 0 aliphatic heterocycles. The predicted molar refractivity (Wildman–Crippen MR) is 98.4 cm³/mol. The lowest BCUT2D eigenvalue weighted by atomic mass is 9.86. The van der Waals surface area contributed by atoms with E-state index in [-0.39, 0.29) is 11.1 Å². The van der Waals surface area contributed by atoms with Crippen LogP contribution in [0.4, 0.5) is 43.9 Å². The number of H-pyrrole nitrogens is 2. The van der Waals surface area contributed by atoms with Crippen molar-refractivity contribution >= 4 is 5.78 Å². The zero-order chi connectivity index (χ0) is 25.8. The second-order valence-electron chi connectivity index (χ2n) is 7.18. The number of rotatable bonds is 5. The van der Waals surface area contributed by atoms with Gasteiger partial charge in [-0.2, -0.15) is 0 Å². The smallest absolute Gasteiger partial charge is 0.215 e. The van der Waals surface area contributed by atoms with Crippen LogP contribution in [0.15, 0.2) is 30.7 Å². The first-order chi connectivity index (χ1) is 16.5. The minimum absolute atomic E-state index is 0.0533. The number of benzene rings is 2. The number of nitrogens with one attached hydrogen (secondary N) is 2. The molecule has 0 saturated carbocycles. The summed E-state index contributed by atoms with van der Waals surface area (Å²) in [6, 6.07) is 1.93. The maximum Gasteiger partial charge on any atom is 0.215 e. The molecule has 2 aromatic heterocycles. The number of aromatic amines is 2. The molecule has 3 nitrogen and oxygen atoms in total. The molecule has 0 fully saturated rings. The molecule has 1 atom stereocenters. The first-order valence-electron chi connectivity index (χ1n) is 9.35. The van der Waals surface area contributed by atoms with E-state index in [0.29, 0.717) is 0 Å². The van der Waals surface area contributed by atoms with E-state index in [2.05, 4.69) is 9.97 Å². The van der Waals surface area contributed by atoms with Crippen molar-refractivity contribution in [2.24, 2.45) is 0 Å². The monoisotopic (exact) mass is 506 g/mol. The lowest BCUT2D eigenvalue weighted by Gasteiger charge is -2.18. The number of hydrogen-bond donors (Lipinski definition) is 2. The second kappa shape index (κ2) is 8.64. The van der Waals surface area contributed by atoms with Gasteiger partial charge in [0, 0.05) is 30.1 Å². The molecule has 0 aliphatic carbocycles. The van der Waals surface area contributed by atoms with Gasteiger partial charge in [-0.15, -0.1) is 0 Å². The molecule has 2 aromatic carbocycles. The highest BCUT2D eigenvalue weighted by Gasteiger charge is 2.34. The molecule has 2 N–H and O–H groups in total. The van der Waals surface area contributed by atoms with E-state index in [1.165, 1.54) is 12.3 Å². The van der Waals surface area contributed by atoms with Crippen LogP contribution in [0.2, 0.25) is 0 Å². The Bertz CT molecular complexity index is 1420. The molecule has 1 unspecified atom stereocenters. The maximum atomic E-state index is 14.6. The Labute approximate surface area is 188 Å². The zero-order valence-electron chi connectivity index (χ0n) is 16.7. The van der Waals surface area contributed by atoms with E-state index in [4.69, 9.17) is 0 Å². The van der Waals surface area contributed by atoms with E-state index in [0.717, 1.165) is 18.5 Å². The number of hydrogen-bond acceptors (Lipinski definition) is 1. The van der Waals surface area contributed by atoms with Crippen LogP contribution in [0, 0.1) is 58.2 Å². The summed E-state index contributed by atoms with van der Waals surface area (Å²) < 4.78 is 139. The SMILES string of the molecule is O=C(c1cc(C(c2cc[nH]c2)c2c(F)c(F)c(F)c(F)c2F)c[nH]1)c1c(F)c(F)c(F)c(F)c1F. The predicted octanol–water partition coefficient (Wildman–Crippen LogP) is 6.15. The minimum Gasteiger partial charge on any atom is -0.367 e. The quantitative estimate of drug-likeness (QED) is 0.145. The van der Waals surface area contributed by atoms with Crippen LogP contribution in [0.1, 0.15) is 38.7 Å². The average molecular weight is 506 g/mol. The fourth-order valence-electron chi connectivity index (χ4n) is 3.57. The van der Waals surface area contributed by atoms with Gasteiger partial charge in [0.15, 0.2) is 46.5 Å². The highest BCUT2D eigenvalue weighted by molar-refractivity contribution is 6.08. The fourth-order valence-corrected chi connectivity index (χ4v) is 3.57. The summed E-state index contributed by atoms with van der Waals surface area (Å²) in [5.41, 5.74) is -4.31. The molecule has 0 aliphatic rings. The first kappa shape index (κ1) is 24.1. The Kier molecular flexibility index (Phi) is 5.95. The third-order valence-corrected chi connectivity index (χ3v) is 5.21. The van der Waals surface area contributed by atoms with Gasteiger partial charge >= 0.3 is 0 Å². The molecule has 0 saturated heterocycles. The number of ketones is 1. The van der Waals surface area contributed by atoms with Crippen molar-refractivity contribution in [2.45, 2.75) is 5.92 Å². The summed E-state index contributed by atoms with van der Waals surface area (Å²) in [4.78, 5) is 17.2. The fraction of sp³-hybridized carbons (Fsp3) is 0.0455. The summed E-state index contributed by atoms with van der Waals surface area (Å²) in [5.74, 6) is -26.8. The maximum absolute atomic E-state index is 14.6. The molecule has 0 spiro atoms.